The number of hydrogen-bond acceptors (Lipinski definition) is 5. The Balaban J connectivity index is 1.59. The zero-order valence-corrected chi connectivity index (χ0v) is 16.8. The van der Waals surface area contributed by atoms with E-state index in [1.54, 1.807) is 12.1 Å². The van der Waals surface area contributed by atoms with Crippen molar-refractivity contribution >= 4 is 27.5 Å². The van der Waals surface area contributed by atoms with Crippen molar-refractivity contribution in [1.29, 1.82) is 0 Å². The highest BCUT2D eigenvalue weighted by Gasteiger charge is 2.32. The number of amides is 1. The van der Waals surface area contributed by atoms with Crippen LogP contribution in [-0.4, -0.2) is 33.1 Å². The van der Waals surface area contributed by atoms with Gasteiger partial charge in [0.15, 0.2) is 0 Å². The fourth-order valence-corrected chi connectivity index (χ4v) is 4.56. The summed E-state index contributed by atoms with van der Waals surface area (Å²) in [5, 5.41) is 14.8. The molecule has 0 spiro atoms. The van der Waals surface area contributed by atoms with Crippen LogP contribution in [0.25, 0.3) is 10.2 Å². The number of halogens is 3. The number of aliphatic hydroxyl groups is 1. The third-order valence-electron chi connectivity index (χ3n) is 5.28. The first kappa shape index (κ1) is 20.7. The van der Waals surface area contributed by atoms with Crippen molar-refractivity contribution in [2.45, 2.75) is 50.4 Å². The summed E-state index contributed by atoms with van der Waals surface area (Å²) in [4.78, 5) is 20.7. The molecule has 9 heteroatoms. The number of nitrogens with zero attached hydrogens (tertiary/aromatic N) is 2. The second-order valence-corrected chi connectivity index (χ2v) is 8.38. The molecule has 0 bridgehead atoms. The van der Waals surface area contributed by atoms with Gasteiger partial charge in [-0.25, -0.2) is 4.98 Å². The van der Waals surface area contributed by atoms with Crippen molar-refractivity contribution < 1.29 is 23.1 Å². The third kappa shape index (κ3) is 4.46. The highest BCUT2D eigenvalue weighted by molar-refractivity contribution is 7.17. The van der Waals surface area contributed by atoms with E-state index in [2.05, 4.69) is 15.3 Å². The van der Waals surface area contributed by atoms with E-state index in [1.165, 1.54) is 23.6 Å². The van der Waals surface area contributed by atoms with Crippen molar-refractivity contribution in [1.82, 2.24) is 15.3 Å². The SMILES string of the molecule is O=C(N[C@@H]1CCCC[C@H]1O)c1cc(Cc2ccc(C(F)(F)F)nc2)c2sccc2n1. The maximum absolute atomic E-state index is 12.8. The molecule has 1 fully saturated rings. The van der Waals surface area contributed by atoms with Crippen LogP contribution in [0.1, 0.15) is 53.0 Å². The van der Waals surface area contributed by atoms with E-state index in [1.807, 2.05) is 5.38 Å². The molecule has 0 aliphatic heterocycles. The number of carbonyl (C=O) groups is 1. The molecular formula is C21H20F3N3O2S. The van der Waals surface area contributed by atoms with Crippen molar-refractivity contribution in [2.24, 2.45) is 0 Å². The number of carbonyl (C=O) groups excluding carboxylic acids is 1. The molecule has 30 heavy (non-hydrogen) atoms. The lowest BCUT2D eigenvalue weighted by Gasteiger charge is -2.28. The quantitative estimate of drug-likeness (QED) is 0.640. The first-order valence-corrected chi connectivity index (χ1v) is 10.6. The molecule has 5 nitrogen and oxygen atoms in total. The molecular weight excluding hydrogens is 415 g/mol. The molecule has 3 aromatic heterocycles. The maximum Gasteiger partial charge on any atom is 0.433 e. The van der Waals surface area contributed by atoms with Crippen LogP contribution in [0.3, 0.4) is 0 Å². The van der Waals surface area contributed by atoms with Crippen LogP contribution in [0.4, 0.5) is 13.2 Å². The Bertz CT molecular complexity index is 1050. The summed E-state index contributed by atoms with van der Waals surface area (Å²) in [6.45, 7) is 0. The lowest BCUT2D eigenvalue weighted by Crippen LogP contribution is -2.45. The fraction of sp³-hybridized carbons (Fsp3) is 0.381. The molecule has 1 aliphatic rings. The predicted molar refractivity (Wildman–Crippen MR) is 107 cm³/mol. The summed E-state index contributed by atoms with van der Waals surface area (Å²) in [6, 6.07) is 5.53. The summed E-state index contributed by atoms with van der Waals surface area (Å²) >= 11 is 1.46. The molecule has 4 rings (SSSR count). The fourth-order valence-electron chi connectivity index (χ4n) is 3.71. The largest absolute Gasteiger partial charge is 0.433 e. The number of fused-ring (bicyclic) bond motifs is 1. The average molecular weight is 435 g/mol. The number of rotatable bonds is 4. The molecule has 3 heterocycles. The Hall–Kier alpha value is -2.52. The van der Waals surface area contributed by atoms with Gasteiger partial charge >= 0.3 is 6.18 Å². The Morgan fingerprint density at radius 1 is 1.23 bits per heavy atom. The zero-order valence-electron chi connectivity index (χ0n) is 15.9. The number of pyridine rings is 2. The molecule has 0 aromatic carbocycles. The van der Waals surface area contributed by atoms with Crippen molar-refractivity contribution in [3.63, 3.8) is 0 Å². The standard InChI is InChI=1S/C21H20F3N3O2S/c22-21(23,24)18-6-5-12(11-25-18)9-13-10-16(26-15-7-8-30-19(13)15)20(29)27-14-3-1-2-4-17(14)28/h5-8,10-11,14,17,28H,1-4,9H2,(H,27,29)/t14-,17-/m1/s1. The summed E-state index contributed by atoms with van der Waals surface area (Å²) in [7, 11) is 0. The topological polar surface area (TPSA) is 75.1 Å². The summed E-state index contributed by atoms with van der Waals surface area (Å²) < 4.78 is 39.1. The Kier molecular flexibility index (Phi) is 5.75. The number of thiophene rings is 1. The van der Waals surface area contributed by atoms with Gasteiger partial charge in [-0.2, -0.15) is 13.2 Å². The molecule has 1 aliphatic carbocycles. The van der Waals surface area contributed by atoms with Gasteiger partial charge < -0.3 is 10.4 Å². The molecule has 158 valence electrons. The zero-order chi connectivity index (χ0) is 21.3. The number of alkyl halides is 3. The van der Waals surface area contributed by atoms with Crippen LogP contribution in [-0.2, 0) is 12.6 Å². The van der Waals surface area contributed by atoms with E-state index in [-0.39, 0.29) is 17.6 Å². The second-order valence-electron chi connectivity index (χ2n) is 7.46. The van der Waals surface area contributed by atoms with Crippen molar-refractivity contribution in [3.8, 4) is 0 Å². The second kappa shape index (κ2) is 8.31. The summed E-state index contributed by atoms with van der Waals surface area (Å²) in [6.07, 6.45) is -0.233. The molecule has 2 N–H and O–H groups in total. The van der Waals surface area contributed by atoms with Crippen LogP contribution < -0.4 is 5.32 Å². The lowest BCUT2D eigenvalue weighted by atomic mass is 9.92. The van der Waals surface area contributed by atoms with Gasteiger partial charge in [-0.1, -0.05) is 18.9 Å². The van der Waals surface area contributed by atoms with E-state index < -0.39 is 18.0 Å². The Morgan fingerprint density at radius 3 is 2.73 bits per heavy atom. The van der Waals surface area contributed by atoms with Gasteiger partial charge in [0.2, 0.25) is 0 Å². The van der Waals surface area contributed by atoms with Crippen molar-refractivity contribution in [3.05, 3.63) is 58.4 Å². The van der Waals surface area contributed by atoms with E-state index in [0.717, 1.165) is 35.6 Å². The minimum Gasteiger partial charge on any atom is -0.391 e. The smallest absolute Gasteiger partial charge is 0.391 e. The first-order valence-electron chi connectivity index (χ1n) is 9.69. The van der Waals surface area contributed by atoms with Gasteiger partial charge in [0.05, 0.1) is 22.4 Å². The average Bonchev–Trinajstić information content (AvgIpc) is 3.18. The monoisotopic (exact) mass is 435 g/mol. The van der Waals surface area contributed by atoms with Crippen LogP contribution >= 0.6 is 11.3 Å². The molecule has 1 amide bonds. The summed E-state index contributed by atoms with van der Waals surface area (Å²) in [5.41, 5.74) is 1.36. The third-order valence-corrected chi connectivity index (χ3v) is 6.26. The van der Waals surface area contributed by atoms with E-state index in [0.29, 0.717) is 23.9 Å². The van der Waals surface area contributed by atoms with E-state index in [4.69, 9.17) is 0 Å². The molecule has 0 saturated heterocycles. The molecule has 2 atom stereocenters. The van der Waals surface area contributed by atoms with Crippen LogP contribution in [0.2, 0.25) is 0 Å². The molecule has 3 aromatic rings. The maximum atomic E-state index is 12.8. The highest BCUT2D eigenvalue weighted by atomic mass is 32.1. The molecule has 0 unspecified atom stereocenters. The minimum atomic E-state index is -4.48. The van der Waals surface area contributed by atoms with Crippen LogP contribution in [0.15, 0.2) is 35.8 Å². The lowest BCUT2D eigenvalue weighted by molar-refractivity contribution is -0.141. The minimum absolute atomic E-state index is 0.230. The number of aliphatic hydroxyl groups excluding tert-OH is 1. The highest BCUT2D eigenvalue weighted by Crippen LogP contribution is 2.29. The number of hydrogen-bond donors (Lipinski definition) is 2. The van der Waals surface area contributed by atoms with Gasteiger partial charge in [-0.15, -0.1) is 11.3 Å². The van der Waals surface area contributed by atoms with E-state index >= 15 is 0 Å². The van der Waals surface area contributed by atoms with Gasteiger partial charge in [-0.05, 0) is 47.5 Å². The molecule has 0 radical (unpaired) electrons. The van der Waals surface area contributed by atoms with Crippen molar-refractivity contribution in [2.75, 3.05) is 0 Å². The first-order chi connectivity index (χ1) is 14.3. The Labute approximate surface area is 175 Å². The van der Waals surface area contributed by atoms with E-state index in [9.17, 15) is 23.1 Å². The normalized spacial score (nSPS) is 19.7. The van der Waals surface area contributed by atoms with Gasteiger partial charge in [-0.3, -0.25) is 9.78 Å². The van der Waals surface area contributed by atoms with Crippen LogP contribution in [0.5, 0.6) is 0 Å². The Morgan fingerprint density at radius 2 is 2.03 bits per heavy atom. The van der Waals surface area contributed by atoms with Gasteiger partial charge in [0.25, 0.3) is 5.91 Å². The summed E-state index contributed by atoms with van der Waals surface area (Å²) in [5.74, 6) is -0.360. The number of nitrogens with one attached hydrogen (secondary N) is 1. The predicted octanol–water partition coefficient (Wildman–Crippen LogP) is 4.33. The molecule has 1 saturated carbocycles. The van der Waals surface area contributed by atoms with Gasteiger partial charge in [0.1, 0.15) is 11.4 Å². The van der Waals surface area contributed by atoms with Crippen LogP contribution in [0, 0.1) is 0 Å². The number of aromatic nitrogens is 2. The van der Waals surface area contributed by atoms with Gasteiger partial charge in [0, 0.05) is 12.6 Å².